The predicted molar refractivity (Wildman–Crippen MR) is 177 cm³/mol. The average Bonchev–Trinajstić information content (AvgIpc) is 3.70. The van der Waals surface area contributed by atoms with Crippen LogP contribution in [0.1, 0.15) is 69.3 Å². The Kier molecular flexibility index (Phi) is 9.88. The van der Waals surface area contributed by atoms with Crippen molar-refractivity contribution >= 4 is 11.8 Å². The van der Waals surface area contributed by atoms with Gasteiger partial charge in [0, 0.05) is 30.6 Å². The lowest BCUT2D eigenvalue weighted by Gasteiger charge is -2.62. The van der Waals surface area contributed by atoms with Gasteiger partial charge in [0.2, 0.25) is 5.91 Å². The summed E-state index contributed by atoms with van der Waals surface area (Å²) < 4.78 is 0. The summed E-state index contributed by atoms with van der Waals surface area (Å²) in [6, 6.07) is 15.0. The van der Waals surface area contributed by atoms with E-state index < -0.39 is 24.2 Å². The van der Waals surface area contributed by atoms with E-state index in [0.717, 1.165) is 42.7 Å². The van der Waals surface area contributed by atoms with Crippen molar-refractivity contribution in [2.45, 2.75) is 84.2 Å². The lowest BCUT2D eigenvalue weighted by molar-refractivity contribution is -0.183. The van der Waals surface area contributed by atoms with Crippen LogP contribution in [0.2, 0.25) is 0 Å². The van der Waals surface area contributed by atoms with Crippen molar-refractivity contribution < 1.29 is 24.6 Å². The van der Waals surface area contributed by atoms with Crippen molar-refractivity contribution in [2.24, 2.45) is 29.1 Å². The van der Waals surface area contributed by atoms with E-state index in [0.29, 0.717) is 41.8 Å². The first-order valence-corrected chi connectivity index (χ1v) is 17.3. The van der Waals surface area contributed by atoms with Crippen LogP contribution in [0.4, 0.5) is 0 Å². The lowest BCUT2D eigenvalue weighted by Crippen LogP contribution is -2.62. The zero-order valence-electron chi connectivity index (χ0n) is 27.8. The summed E-state index contributed by atoms with van der Waals surface area (Å²) in [6.45, 7) is 12.3. The minimum absolute atomic E-state index is 0.0797. The van der Waals surface area contributed by atoms with Crippen molar-refractivity contribution in [3.63, 3.8) is 0 Å². The van der Waals surface area contributed by atoms with Gasteiger partial charge in [-0.3, -0.25) is 14.4 Å². The number of rotatable bonds is 11. The second-order valence-corrected chi connectivity index (χ2v) is 14.8. The predicted octanol–water partition coefficient (Wildman–Crippen LogP) is 3.84. The molecule has 2 heterocycles. The number of hydrogen-bond donors (Lipinski definition) is 4. The van der Waals surface area contributed by atoms with Gasteiger partial charge in [0.1, 0.15) is 12.1 Å². The molecule has 4 N–H and O–H groups in total. The Morgan fingerprint density at radius 2 is 1.78 bits per heavy atom. The van der Waals surface area contributed by atoms with Crippen LogP contribution >= 0.6 is 0 Å². The van der Waals surface area contributed by atoms with E-state index in [2.05, 4.69) is 36.3 Å². The molecule has 0 aromatic heterocycles. The fourth-order valence-corrected chi connectivity index (χ4v) is 8.79. The summed E-state index contributed by atoms with van der Waals surface area (Å²) in [5.41, 5.74) is 3.73. The Labute approximate surface area is 273 Å². The molecule has 46 heavy (non-hydrogen) atoms. The SMILES string of the molecule is C[C@H](O)[C@@H]1[C@H](CO)ON(Cc2cccc(-c3cccc(C(=O)NCCN4CCCC4)c3)c2)[C@@H]1C(=O)N[C@H]1CC2CC([C@@H]1C)C2(C)C. The van der Waals surface area contributed by atoms with Crippen LogP contribution in [-0.4, -0.2) is 89.1 Å². The number of nitrogens with one attached hydrogen (secondary N) is 2. The van der Waals surface area contributed by atoms with Crippen LogP contribution in [0.5, 0.6) is 0 Å². The molecule has 2 saturated heterocycles. The number of likely N-dealkylation sites (tertiary alicyclic amines) is 1. The first-order valence-electron chi connectivity index (χ1n) is 17.3. The maximum Gasteiger partial charge on any atom is 0.251 e. The Balaban J connectivity index is 1.15. The maximum absolute atomic E-state index is 14.0. The maximum atomic E-state index is 14.0. The van der Waals surface area contributed by atoms with Crippen molar-refractivity contribution in [3.8, 4) is 11.1 Å². The standard InChI is InChI=1S/C37H52N4O5/c1-23-30-19-29(37(30,3)4)20-31(23)39-36(45)34-33(24(2)43)32(22-42)46-41(34)21-25-9-7-10-26(17-25)27-11-8-12-28(18-27)35(44)38-13-16-40-14-5-6-15-40/h7-12,17-18,23-24,29-34,42-43H,5-6,13-16,19-22H2,1-4H3,(H,38,44)(H,39,45)/t23-,24-,29?,30?,31-,32-,33+,34-/m0/s1. The molecule has 0 spiro atoms. The normalized spacial score (nSPS) is 31.3. The topological polar surface area (TPSA) is 114 Å². The highest BCUT2D eigenvalue weighted by atomic mass is 16.7. The zero-order valence-corrected chi connectivity index (χ0v) is 27.8. The zero-order chi connectivity index (χ0) is 32.6. The van der Waals surface area contributed by atoms with E-state index in [4.69, 9.17) is 4.84 Å². The number of benzene rings is 2. The van der Waals surface area contributed by atoms with Crippen LogP contribution < -0.4 is 10.6 Å². The van der Waals surface area contributed by atoms with E-state index in [-0.39, 0.29) is 24.5 Å². The van der Waals surface area contributed by atoms with Crippen molar-refractivity contribution in [3.05, 3.63) is 59.7 Å². The van der Waals surface area contributed by atoms with Gasteiger partial charge >= 0.3 is 0 Å². The fourth-order valence-electron chi connectivity index (χ4n) is 8.79. The number of fused-ring (bicyclic) bond motifs is 2. The number of hydrogen-bond acceptors (Lipinski definition) is 7. The van der Waals surface area contributed by atoms with Gasteiger partial charge in [0.15, 0.2) is 0 Å². The van der Waals surface area contributed by atoms with Gasteiger partial charge < -0.3 is 25.7 Å². The third-order valence-electron chi connectivity index (χ3n) is 11.7. The number of carbonyl (C=O) groups excluding carboxylic acids is 2. The number of hydroxylamine groups is 2. The minimum atomic E-state index is -0.843. The minimum Gasteiger partial charge on any atom is -0.394 e. The van der Waals surface area contributed by atoms with Gasteiger partial charge in [-0.1, -0.05) is 51.1 Å². The molecule has 3 aliphatic carbocycles. The van der Waals surface area contributed by atoms with Gasteiger partial charge in [-0.2, -0.15) is 5.06 Å². The average molecular weight is 633 g/mol. The lowest BCUT2D eigenvalue weighted by atomic mass is 9.45. The van der Waals surface area contributed by atoms with Crippen molar-refractivity contribution in [2.75, 3.05) is 32.8 Å². The Morgan fingerprint density at radius 1 is 1.07 bits per heavy atom. The van der Waals surface area contributed by atoms with E-state index in [1.165, 1.54) is 19.3 Å². The van der Waals surface area contributed by atoms with Crippen LogP contribution in [-0.2, 0) is 16.2 Å². The molecule has 0 radical (unpaired) electrons. The number of nitrogens with zero attached hydrogens (tertiary/aromatic N) is 2. The summed E-state index contributed by atoms with van der Waals surface area (Å²) in [6.07, 6.45) is 3.12. The Bertz CT molecular complexity index is 1390. The second-order valence-electron chi connectivity index (χ2n) is 14.8. The monoisotopic (exact) mass is 632 g/mol. The molecule has 2 amide bonds. The number of amides is 2. The summed E-state index contributed by atoms with van der Waals surface area (Å²) >= 11 is 0. The Hall–Kier alpha value is -2.82. The molecule has 2 aromatic carbocycles. The van der Waals surface area contributed by atoms with E-state index >= 15 is 0 Å². The highest BCUT2D eigenvalue weighted by Crippen LogP contribution is 2.61. The van der Waals surface area contributed by atoms with Crippen molar-refractivity contribution in [1.82, 2.24) is 20.6 Å². The van der Waals surface area contributed by atoms with Crippen LogP contribution in [0.15, 0.2) is 48.5 Å². The molecule has 9 nitrogen and oxygen atoms in total. The first-order chi connectivity index (χ1) is 22.1. The summed E-state index contributed by atoms with van der Waals surface area (Å²) in [4.78, 5) is 35.5. The number of carbonyl (C=O) groups is 2. The molecule has 2 aliphatic heterocycles. The molecule has 9 heteroatoms. The third kappa shape index (κ3) is 6.62. The van der Waals surface area contributed by atoms with Crippen molar-refractivity contribution in [1.29, 1.82) is 0 Å². The van der Waals surface area contributed by atoms with E-state index in [1.54, 1.807) is 12.0 Å². The molecule has 5 fully saturated rings. The second kappa shape index (κ2) is 13.7. The molecule has 2 aromatic rings. The largest absolute Gasteiger partial charge is 0.394 e. The summed E-state index contributed by atoms with van der Waals surface area (Å²) in [5.74, 6) is 0.764. The molecule has 3 saturated carbocycles. The quantitative estimate of drug-likeness (QED) is 0.298. The first kappa shape index (κ1) is 33.1. The van der Waals surface area contributed by atoms with E-state index in [9.17, 15) is 19.8 Å². The highest BCUT2D eigenvalue weighted by Gasteiger charge is 2.57. The number of aliphatic hydroxyl groups is 2. The Morgan fingerprint density at radius 3 is 2.46 bits per heavy atom. The van der Waals surface area contributed by atoms with Gasteiger partial charge in [-0.25, -0.2) is 0 Å². The van der Waals surface area contributed by atoms with Crippen LogP contribution in [0.3, 0.4) is 0 Å². The smallest absolute Gasteiger partial charge is 0.251 e. The molecule has 2 bridgehead atoms. The summed E-state index contributed by atoms with van der Waals surface area (Å²) in [7, 11) is 0. The fraction of sp³-hybridized carbons (Fsp3) is 0.622. The molecule has 2 unspecified atom stereocenters. The molecule has 250 valence electrons. The van der Waals surface area contributed by atoms with E-state index in [1.807, 2.05) is 48.5 Å². The highest BCUT2D eigenvalue weighted by molar-refractivity contribution is 5.95. The van der Waals surface area contributed by atoms with Gasteiger partial charge in [-0.15, -0.1) is 0 Å². The summed E-state index contributed by atoms with van der Waals surface area (Å²) in [5, 5.41) is 29.0. The molecular formula is C37H52N4O5. The van der Waals surface area contributed by atoms with Gasteiger partial charge in [0.05, 0.1) is 19.3 Å². The number of aliphatic hydroxyl groups excluding tert-OH is 2. The van der Waals surface area contributed by atoms with Crippen LogP contribution in [0, 0.1) is 29.1 Å². The molecule has 8 atom stereocenters. The molecule has 7 rings (SSSR count). The molecule has 5 aliphatic rings. The molecular weight excluding hydrogens is 580 g/mol. The van der Waals surface area contributed by atoms with Crippen LogP contribution in [0.25, 0.3) is 11.1 Å². The van der Waals surface area contributed by atoms with Gasteiger partial charge in [0.25, 0.3) is 5.91 Å². The van der Waals surface area contributed by atoms with Gasteiger partial charge in [-0.05, 0) is 104 Å². The third-order valence-corrected chi connectivity index (χ3v) is 11.7.